The van der Waals surface area contributed by atoms with E-state index in [2.05, 4.69) is 15.6 Å². The zero-order valence-corrected chi connectivity index (χ0v) is 14.0. The molecule has 0 unspecified atom stereocenters. The van der Waals surface area contributed by atoms with Crippen LogP contribution in [0.2, 0.25) is 15.1 Å². The number of nitrogens with zero attached hydrogens (tertiary/aromatic N) is 1. The predicted molar refractivity (Wildman–Crippen MR) is 90.8 cm³/mol. The smallest absolute Gasteiger partial charge is 0.239 e. The van der Waals surface area contributed by atoms with E-state index in [4.69, 9.17) is 34.8 Å². The van der Waals surface area contributed by atoms with Crippen LogP contribution in [-0.2, 0) is 4.79 Å². The van der Waals surface area contributed by atoms with Crippen molar-refractivity contribution in [3.05, 3.63) is 57.2 Å². The first-order valence-electron chi connectivity index (χ1n) is 6.55. The fraction of sp³-hybridized carbons (Fsp3) is 0.200. The fourth-order valence-electron chi connectivity index (χ4n) is 1.80. The van der Waals surface area contributed by atoms with E-state index in [0.717, 1.165) is 5.56 Å². The molecule has 22 heavy (non-hydrogen) atoms. The molecule has 0 bridgehead atoms. The summed E-state index contributed by atoms with van der Waals surface area (Å²) in [6, 6.07) is 8.98. The highest BCUT2D eigenvalue weighted by Crippen LogP contribution is 2.22. The van der Waals surface area contributed by atoms with Crippen LogP contribution in [0.1, 0.15) is 18.5 Å². The molecule has 0 spiro atoms. The quantitative estimate of drug-likeness (QED) is 0.836. The Balaban J connectivity index is 1.88. The molecule has 0 saturated carbocycles. The van der Waals surface area contributed by atoms with Gasteiger partial charge in [0, 0.05) is 17.3 Å². The average molecular weight is 359 g/mol. The molecule has 2 rings (SSSR count). The molecule has 0 saturated heterocycles. The van der Waals surface area contributed by atoms with Crippen molar-refractivity contribution < 1.29 is 4.79 Å². The van der Waals surface area contributed by atoms with Crippen LogP contribution in [0.15, 0.2) is 36.5 Å². The number of amides is 1. The average Bonchev–Trinajstić information content (AvgIpc) is 2.48. The van der Waals surface area contributed by atoms with Crippen molar-refractivity contribution in [2.24, 2.45) is 0 Å². The van der Waals surface area contributed by atoms with E-state index >= 15 is 0 Å². The highest BCUT2D eigenvalue weighted by atomic mass is 35.5. The molecular formula is C15H14Cl3N3O. The Kier molecular flexibility index (Phi) is 6.03. The summed E-state index contributed by atoms with van der Waals surface area (Å²) < 4.78 is 0. The Morgan fingerprint density at radius 2 is 1.86 bits per heavy atom. The first kappa shape index (κ1) is 17.0. The third-order valence-corrected chi connectivity index (χ3v) is 3.75. The van der Waals surface area contributed by atoms with Crippen molar-refractivity contribution >= 4 is 46.5 Å². The molecule has 2 N–H and O–H groups in total. The monoisotopic (exact) mass is 357 g/mol. The van der Waals surface area contributed by atoms with Crippen molar-refractivity contribution in [1.29, 1.82) is 0 Å². The lowest BCUT2D eigenvalue weighted by Crippen LogP contribution is -2.30. The number of benzene rings is 1. The number of hydrogen-bond donors (Lipinski definition) is 2. The minimum absolute atomic E-state index is 0.0108. The van der Waals surface area contributed by atoms with E-state index < -0.39 is 0 Å². The number of hydrogen-bond acceptors (Lipinski definition) is 3. The number of carbonyl (C=O) groups excluding carboxylic acids is 1. The molecule has 7 heteroatoms. The topological polar surface area (TPSA) is 54.0 Å². The van der Waals surface area contributed by atoms with Gasteiger partial charge in [0.2, 0.25) is 5.91 Å². The first-order chi connectivity index (χ1) is 10.5. The molecule has 116 valence electrons. The molecule has 0 aliphatic heterocycles. The number of pyridine rings is 1. The van der Waals surface area contributed by atoms with Gasteiger partial charge in [-0.3, -0.25) is 4.79 Å². The second-order valence-corrected chi connectivity index (χ2v) is 5.97. The molecule has 4 nitrogen and oxygen atoms in total. The number of anilines is 1. The van der Waals surface area contributed by atoms with Crippen molar-refractivity contribution in [3.8, 4) is 0 Å². The normalized spacial score (nSPS) is 12.0. The summed E-state index contributed by atoms with van der Waals surface area (Å²) in [5.41, 5.74) is 1.04. The van der Waals surface area contributed by atoms with Crippen molar-refractivity contribution in [1.82, 2.24) is 10.3 Å². The Labute approximate surface area is 143 Å². The van der Waals surface area contributed by atoms with Gasteiger partial charge in [0.25, 0.3) is 0 Å². The summed E-state index contributed by atoms with van der Waals surface area (Å²) in [7, 11) is 0. The van der Waals surface area contributed by atoms with Gasteiger partial charge in [0.05, 0.1) is 16.6 Å². The molecule has 1 heterocycles. The summed E-state index contributed by atoms with van der Waals surface area (Å²) in [4.78, 5) is 15.9. The maximum atomic E-state index is 11.9. The molecule has 2 aromatic rings. The van der Waals surface area contributed by atoms with Crippen molar-refractivity contribution in [2.75, 3.05) is 11.9 Å². The number of halogens is 3. The molecule has 0 aliphatic carbocycles. The maximum absolute atomic E-state index is 11.9. The fourth-order valence-corrected chi connectivity index (χ4v) is 2.35. The highest BCUT2D eigenvalue weighted by Gasteiger charge is 2.10. The summed E-state index contributed by atoms with van der Waals surface area (Å²) in [6.45, 7) is 2.09. The predicted octanol–water partition coefficient (Wildman–Crippen LogP) is 4.33. The van der Waals surface area contributed by atoms with Crippen LogP contribution in [-0.4, -0.2) is 17.4 Å². The Morgan fingerprint density at radius 1 is 1.18 bits per heavy atom. The van der Waals surface area contributed by atoms with E-state index in [9.17, 15) is 4.79 Å². The number of nitrogens with one attached hydrogen (secondary N) is 2. The molecule has 1 aromatic heterocycles. The zero-order chi connectivity index (χ0) is 16.1. The minimum atomic E-state index is -0.238. The molecule has 1 aromatic carbocycles. The lowest BCUT2D eigenvalue weighted by molar-refractivity contribution is -0.115. The highest BCUT2D eigenvalue weighted by molar-refractivity contribution is 6.36. The van der Waals surface area contributed by atoms with Crippen LogP contribution in [0.25, 0.3) is 0 Å². The third kappa shape index (κ3) is 4.85. The number of rotatable bonds is 5. The molecule has 1 atom stereocenters. The number of aromatic nitrogens is 1. The van der Waals surface area contributed by atoms with Gasteiger partial charge in [-0.1, -0.05) is 46.9 Å². The maximum Gasteiger partial charge on any atom is 0.239 e. The van der Waals surface area contributed by atoms with Crippen LogP contribution in [0.3, 0.4) is 0 Å². The van der Waals surface area contributed by atoms with Gasteiger partial charge in [0.15, 0.2) is 5.82 Å². The van der Waals surface area contributed by atoms with Crippen LogP contribution in [0.5, 0.6) is 0 Å². The van der Waals surface area contributed by atoms with E-state index in [1.165, 1.54) is 12.3 Å². The SMILES string of the molecule is C[C@@H](NCC(=O)Nc1ncc(Cl)cc1Cl)c1ccc(Cl)cc1. The Bertz CT molecular complexity index is 662. The van der Waals surface area contributed by atoms with Crippen LogP contribution in [0, 0.1) is 0 Å². The van der Waals surface area contributed by atoms with Crippen LogP contribution in [0.4, 0.5) is 5.82 Å². The second-order valence-electron chi connectivity index (χ2n) is 4.69. The minimum Gasteiger partial charge on any atom is -0.308 e. The van der Waals surface area contributed by atoms with E-state index in [1.54, 1.807) is 0 Å². The first-order valence-corrected chi connectivity index (χ1v) is 7.69. The molecule has 0 aliphatic rings. The van der Waals surface area contributed by atoms with Gasteiger partial charge in [-0.2, -0.15) is 0 Å². The summed E-state index contributed by atoms with van der Waals surface area (Å²) in [6.07, 6.45) is 1.42. The van der Waals surface area contributed by atoms with Gasteiger partial charge >= 0.3 is 0 Å². The number of carbonyl (C=O) groups is 1. The zero-order valence-electron chi connectivity index (χ0n) is 11.7. The van der Waals surface area contributed by atoms with Gasteiger partial charge in [-0.05, 0) is 30.7 Å². The summed E-state index contributed by atoms with van der Waals surface area (Å²) >= 11 is 17.6. The van der Waals surface area contributed by atoms with Gasteiger partial charge in [0.1, 0.15) is 0 Å². The third-order valence-electron chi connectivity index (χ3n) is 3.00. The van der Waals surface area contributed by atoms with Crippen LogP contribution >= 0.6 is 34.8 Å². The van der Waals surface area contributed by atoms with E-state index in [-0.39, 0.29) is 24.3 Å². The summed E-state index contributed by atoms with van der Waals surface area (Å²) in [5.74, 6) is 0.0505. The van der Waals surface area contributed by atoms with Crippen molar-refractivity contribution in [3.63, 3.8) is 0 Å². The standard InChI is InChI=1S/C15H14Cl3N3O/c1-9(10-2-4-11(16)5-3-10)19-8-14(22)21-15-13(18)6-12(17)7-20-15/h2-7,9,19H,8H2,1H3,(H,20,21,22)/t9-/m1/s1. The van der Waals surface area contributed by atoms with E-state index in [1.807, 2.05) is 31.2 Å². The van der Waals surface area contributed by atoms with Crippen LogP contribution < -0.4 is 10.6 Å². The lowest BCUT2D eigenvalue weighted by atomic mass is 10.1. The molecular weight excluding hydrogens is 345 g/mol. The van der Waals surface area contributed by atoms with Gasteiger partial charge in [-0.15, -0.1) is 0 Å². The van der Waals surface area contributed by atoms with Gasteiger partial charge in [-0.25, -0.2) is 4.98 Å². The molecule has 0 fully saturated rings. The lowest BCUT2D eigenvalue weighted by Gasteiger charge is -2.14. The Morgan fingerprint density at radius 3 is 2.50 bits per heavy atom. The van der Waals surface area contributed by atoms with Gasteiger partial charge < -0.3 is 10.6 Å². The summed E-state index contributed by atoms with van der Waals surface area (Å²) in [5, 5.41) is 7.14. The van der Waals surface area contributed by atoms with Crippen molar-refractivity contribution in [2.45, 2.75) is 13.0 Å². The van der Waals surface area contributed by atoms with E-state index in [0.29, 0.717) is 15.1 Å². The molecule has 1 amide bonds. The second kappa shape index (κ2) is 7.79. The largest absolute Gasteiger partial charge is 0.308 e. The molecule has 0 radical (unpaired) electrons. The Hall–Kier alpha value is -1.33.